The number of nitrogens with zero attached hydrogens (tertiary/aromatic N) is 1. The number of pyridine rings is 1. The molecule has 3 nitrogen and oxygen atoms in total. The van der Waals surface area contributed by atoms with Crippen LogP contribution in [0.3, 0.4) is 0 Å². The lowest BCUT2D eigenvalue weighted by atomic mass is 10.2. The van der Waals surface area contributed by atoms with E-state index in [4.69, 9.17) is 5.41 Å². The number of benzene rings is 2. The number of rotatable bonds is 4. The predicted octanol–water partition coefficient (Wildman–Crippen LogP) is 4.79. The molecule has 126 valence electrons. The molecule has 2 aromatic carbocycles. The number of hydrogen-bond donors (Lipinski definition) is 2. The minimum absolute atomic E-state index is 0.269. The quantitative estimate of drug-likeness (QED) is 0.708. The van der Waals surface area contributed by atoms with Gasteiger partial charge in [-0.25, -0.2) is 4.39 Å². The Hall–Kier alpha value is -3.14. The SMILES string of the molecule is Cc1ccc(N/C(=C\c2ccc(F)cc2)n2cccc(C)c2=N)cc1. The van der Waals surface area contributed by atoms with Gasteiger partial charge in [-0.3, -0.25) is 9.98 Å². The van der Waals surface area contributed by atoms with Gasteiger partial charge >= 0.3 is 0 Å². The fourth-order valence-electron chi connectivity index (χ4n) is 2.49. The molecule has 4 heteroatoms. The third kappa shape index (κ3) is 4.04. The number of hydrogen-bond acceptors (Lipinski definition) is 2. The third-order valence-corrected chi connectivity index (χ3v) is 3.95. The lowest BCUT2D eigenvalue weighted by Gasteiger charge is -2.16. The Balaban J connectivity index is 2.07. The summed E-state index contributed by atoms with van der Waals surface area (Å²) < 4.78 is 15.0. The van der Waals surface area contributed by atoms with E-state index in [2.05, 4.69) is 5.32 Å². The fourth-order valence-corrected chi connectivity index (χ4v) is 2.49. The van der Waals surface area contributed by atoms with Gasteiger partial charge in [-0.05, 0) is 61.4 Å². The molecule has 3 aromatic rings. The molecule has 0 unspecified atom stereocenters. The Morgan fingerprint density at radius 1 is 1.00 bits per heavy atom. The van der Waals surface area contributed by atoms with E-state index >= 15 is 0 Å². The number of aryl methyl sites for hydroxylation is 2. The molecule has 0 aliphatic heterocycles. The van der Waals surface area contributed by atoms with Gasteiger partial charge in [0.25, 0.3) is 0 Å². The Morgan fingerprint density at radius 3 is 2.36 bits per heavy atom. The molecule has 1 aromatic heterocycles. The van der Waals surface area contributed by atoms with Gasteiger partial charge in [0.05, 0.1) is 0 Å². The van der Waals surface area contributed by atoms with Crippen LogP contribution >= 0.6 is 0 Å². The monoisotopic (exact) mass is 333 g/mol. The molecule has 3 rings (SSSR count). The lowest BCUT2D eigenvalue weighted by Crippen LogP contribution is -2.23. The molecule has 0 fully saturated rings. The molecule has 0 saturated carbocycles. The fraction of sp³-hybridized carbons (Fsp3) is 0.0952. The minimum Gasteiger partial charge on any atom is -0.341 e. The van der Waals surface area contributed by atoms with Crippen molar-refractivity contribution in [1.29, 1.82) is 5.41 Å². The summed E-state index contributed by atoms with van der Waals surface area (Å²) in [6.45, 7) is 3.94. The highest BCUT2D eigenvalue weighted by molar-refractivity contribution is 5.78. The summed E-state index contributed by atoms with van der Waals surface area (Å²) in [4.78, 5) is 0. The van der Waals surface area contributed by atoms with Gasteiger partial charge in [-0.1, -0.05) is 35.9 Å². The standard InChI is InChI=1S/C21H20FN3/c1-15-5-11-19(12-6-15)24-20(14-17-7-9-18(22)10-8-17)25-13-3-4-16(2)21(25)23/h3-14,23-24H,1-2H3/b20-14+,23-21?. The summed E-state index contributed by atoms with van der Waals surface area (Å²) in [5.74, 6) is 0.457. The van der Waals surface area contributed by atoms with Crippen molar-refractivity contribution in [3.8, 4) is 0 Å². The smallest absolute Gasteiger partial charge is 0.133 e. The topological polar surface area (TPSA) is 40.8 Å². The first-order valence-corrected chi connectivity index (χ1v) is 8.07. The van der Waals surface area contributed by atoms with E-state index in [1.54, 1.807) is 16.7 Å². The number of halogens is 1. The molecule has 0 bridgehead atoms. The number of anilines is 1. The van der Waals surface area contributed by atoms with E-state index in [1.807, 2.05) is 62.5 Å². The molecule has 25 heavy (non-hydrogen) atoms. The van der Waals surface area contributed by atoms with Crippen molar-refractivity contribution < 1.29 is 4.39 Å². The predicted molar refractivity (Wildman–Crippen MR) is 100 cm³/mol. The van der Waals surface area contributed by atoms with E-state index in [1.165, 1.54) is 17.7 Å². The van der Waals surface area contributed by atoms with Crippen molar-refractivity contribution >= 4 is 17.6 Å². The molecule has 0 saturated heterocycles. The van der Waals surface area contributed by atoms with E-state index < -0.39 is 0 Å². The Bertz CT molecular complexity index is 952. The van der Waals surface area contributed by atoms with Crippen molar-refractivity contribution in [3.63, 3.8) is 0 Å². The third-order valence-electron chi connectivity index (χ3n) is 3.95. The first kappa shape index (κ1) is 16.7. The van der Waals surface area contributed by atoms with Crippen LogP contribution in [0.2, 0.25) is 0 Å². The summed E-state index contributed by atoms with van der Waals surface area (Å²) in [7, 11) is 0. The zero-order valence-electron chi connectivity index (χ0n) is 14.3. The largest absolute Gasteiger partial charge is 0.341 e. The minimum atomic E-state index is -0.269. The van der Waals surface area contributed by atoms with E-state index in [0.29, 0.717) is 5.49 Å². The van der Waals surface area contributed by atoms with Gasteiger partial charge in [0, 0.05) is 11.9 Å². The van der Waals surface area contributed by atoms with Crippen LogP contribution in [-0.4, -0.2) is 4.57 Å². The summed E-state index contributed by atoms with van der Waals surface area (Å²) in [5, 5.41) is 11.7. The van der Waals surface area contributed by atoms with Crippen LogP contribution in [0.15, 0.2) is 66.9 Å². The highest BCUT2D eigenvalue weighted by Crippen LogP contribution is 2.17. The van der Waals surface area contributed by atoms with Gasteiger partial charge in [0.1, 0.15) is 17.1 Å². The molecule has 2 N–H and O–H groups in total. The van der Waals surface area contributed by atoms with Crippen LogP contribution in [-0.2, 0) is 0 Å². The Morgan fingerprint density at radius 2 is 1.68 bits per heavy atom. The zero-order valence-corrected chi connectivity index (χ0v) is 14.3. The van der Waals surface area contributed by atoms with Crippen molar-refractivity contribution in [2.75, 3.05) is 5.32 Å². The number of nitrogens with one attached hydrogen (secondary N) is 2. The molecule has 0 amide bonds. The van der Waals surface area contributed by atoms with Crippen molar-refractivity contribution in [2.45, 2.75) is 13.8 Å². The van der Waals surface area contributed by atoms with Crippen molar-refractivity contribution in [1.82, 2.24) is 4.57 Å². The second-order valence-electron chi connectivity index (χ2n) is 5.98. The molecule has 0 atom stereocenters. The van der Waals surface area contributed by atoms with Crippen LogP contribution in [0.25, 0.3) is 11.9 Å². The van der Waals surface area contributed by atoms with Gasteiger partial charge in [0.15, 0.2) is 0 Å². The van der Waals surface area contributed by atoms with Crippen LogP contribution in [0.4, 0.5) is 10.1 Å². The first-order chi connectivity index (χ1) is 12.0. The molecule has 0 aliphatic rings. The van der Waals surface area contributed by atoms with Gasteiger partial charge in [-0.15, -0.1) is 0 Å². The summed E-state index contributed by atoms with van der Waals surface area (Å²) in [6.07, 6.45) is 3.74. The molecular formula is C21H20FN3. The average Bonchev–Trinajstić information content (AvgIpc) is 2.61. The van der Waals surface area contributed by atoms with Crippen LogP contribution in [0, 0.1) is 25.1 Å². The molecule has 0 radical (unpaired) electrons. The molecule has 0 spiro atoms. The normalized spacial score (nSPS) is 11.4. The van der Waals surface area contributed by atoms with E-state index in [0.717, 1.165) is 22.6 Å². The molecule has 0 aliphatic carbocycles. The van der Waals surface area contributed by atoms with Gasteiger partial charge in [-0.2, -0.15) is 0 Å². The van der Waals surface area contributed by atoms with Gasteiger partial charge in [0.2, 0.25) is 0 Å². The van der Waals surface area contributed by atoms with Crippen LogP contribution in [0.1, 0.15) is 16.7 Å². The van der Waals surface area contributed by atoms with Crippen molar-refractivity contribution in [2.24, 2.45) is 0 Å². The highest BCUT2D eigenvalue weighted by Gasteiger charge is 2.05. The van der Waals surface area contributed by atoms with Gasteiger partial charge < -0.3 is 5.32 Å². The second kappa shape index (κ2) is 7.18. The average molecular weight is 333 g/mol. The molecule has 1 heterocycles. The van der Waals surface area contributed by atoms with E-state index in [9.17, 15) is 4.39 Å². The highest BCUT2D eigenvalue weighted by atomic mass is 19.1. The van der Waals surface area contributed by atoms with Crippen LogP contribution < -0.4 is 10.8 Å². The number of aromatic nitrogens is 1. The summed E-state index contributed by atoms with van der Waals surface area (Å²) in [6, 6.07) is 18.1. The second-order valence-corrected chi connectivity index (χ2v) is 5.98. The maximum absolute atomic E-state index is 13.2. The molecular weight excluding hydrogens is 313 g/mol. The lowest BCUT2D eigenvalue weighted by molar-refractivity contribution is 0.628. The van der Waals surface area contributed by atoms with E-state index in [-0.39, 0.29) is 5.82 Å². The zero-order chi connectivity index (χ0) is 17.8. The maximum Gasteiger partial charge on any atom is 0.133 e. The Kier molecular flexibility index (Phi) is 4.80. The summed E-state index contributed by atoms with van der Waals surface area (Å²) in [5.41, 5.74) is 4.23. The Labute approximate surface area is 146 Å². The summed E-state index contributed by atoms with van der Waals surface area (Å²) >= 11 is 0. The maximum atomic E-state index is 13.2. The van der Waals surface area contributed by atoms with Crippen molar-refractivity contribution in [3.05, 3.63) is 94.9 Å². The first-order valence-electron chi connectivity index (χ1n) is 8.07. The van der Waals surface area contributed by atoms with Crippen LogP contribution in [0.5, 0.6) is 0 Å².